The van der Waals surface area contributed by atoms with Crippen LogP contribution in [0.15, 0.2) is 121 Å². The van der Waals surface area contributed by atoms with E-state index >= 15 is 0 Å². The number of amides is 2. The average molecular weight is 767 g/mol. The topological polar surface area (TPSA) is 103 Å². The molecule has 0 saturated heterocycles. The zero-order valence-corrected chi connectivity index (χ0v) is 31.3. The first-order valence-corrected chi connectivity index (χ1v) is 17.9. The number of hydrogen-bond acceptors (Lipinski definition) is 7. The van der Waals surface area contributed by atoms with Crippen molar-refractivity contribution in [1.82, 2.24) is 10.2 Å². The molecule has 12 heteroatoms. The maximum Gasteiger partial charge on any atom is 0.419 e. The van der Waals surface area contributed by atoms with E-state index < -0.39 is 41.0 Å². The molecule has 0 fully saturated rings. The Bertz CT molecular complexity index is 2180. The van der Waals surface area contributed by atoms with Crippen molar-refractivity contribution >= 4 is 18.2 Å². The van der Waals surface area contributed by atoms with Gasteiger partial charge < -0.3 is 29.2 Å². The Balaban J connectivity index is 1.13. The predicted molar refractivity (Wildman–Crippen MR) is 203 cm³/mol. The molecule has 5 aromatic rings. The zero-order valence-electron chi connectivity index (χ0n) is 31.3. The largest absolute Gasteiger partial charge is 0.489 e. The summed E-state index contributed by atoms with van der Waals surface area (Å²) in [6.45, 7) is 7.03. The van der Waals surface area contributed by atoms with Gasteiger partial charge in [0.1, 0.15) is 29.5 Å². The number of fused-ring (bicyclic) bond motifs is 1. The molecule has 0 bridgehead atoms. The lowest BCUT2D eigenvalue weighted by Crippen LogP contribution is -2.53. The van der Waals surface area contributed by atoms with Gasteiger partial charge in [-0.2, -0.15) is 13.2 Å². The number of rotatable bonds is 9. The summed E-state index contributed by atoms with van der Waals surface area (Å²) in [6, 6.07) is 34.0. The molecule has 1 aliphatic heterocycles. The van der Waals surface area contributed by atoms with Crippen molar-refractivity contribution in [2.45, 2.75) is 64.6 Å². The summed E-state index contributed by atoms with van der Waals surface area (Å²) in [7, 11) is 0. The maximum atomic E-state index is 13.7. The van der Waals surface area contributed by atoms with E-state index in [0.29, 0.717) is 34.8 Å². The maximum absolute atomic E-state index is 13.7. The van der Waals surface area contributed by atoms with Gasteiger partial charge in [-0.05, 0) is 104 Å². The third-order valence-corrected chi connectivity index (χ3v) is 9.11. The second-order valence-corrected chi connectivity index (χ2v) is 14.5. The number of para-hydroxylation sites is 2. The molecule has 0 aromatic heterocycles. The highest BCUT2D eigenvalue weighted by atomic mass is 19.4. The molecule has 0 radical (unpaired) electrons. The molecule has 5 aromatic carbocycles. The minimum atomic E-state index is -4.43. The second-order valence-electron chi connectivity index (χ2n) is 14.5. The lowest BCUT2D eigenvalue weighted by molar-refractivity contribution is -0.162. The first-order valence-electron chi connectivity index (χ1n) is 17.9. The van der Waals surface area contributed by atoms with Crippen LogP contribution in [0.4, 0.5) is 22.8 Å². The number of hydrogen-bond donors (Lipinski definition) is 1. The molecule has 2 amide bonds. The van der Waals surface area contributed by atoms with Crippen LogP contribution in [-0.4, -0.2) is 35.2 Å². The highest BCUT2D eigenvalue weighted by Gasteiger charge is 2.42. The van der Waals surface area contributed by atoms with Crippen LogP contribution in [-0.2, 0) is 45.6 Å². The zero-order chi connectivity index (χ0) is 40.1. The Labute approximate surface area is 323 Å². The van der Waals surface area contributed by atoms with Crippen LogP contribution in [0.1, 0.15) is 55.5 Å². The Morgan fingerprint density at radius 2 is 1.39 bits per heavy atom. The van der Waals surface area contributed by atoms with Crippen molar-refractivity contribution in [2.75, 3.05) is 6.54 Å². The number of esters is 1. The lowest BCUT2D eigenvalue weighted by Gasteiger charge is -2.33. The van der Waals surface area contributed by atoms with E-state index in [1.165, 1.54) is 24.0 Å². The van der Waals surface area contributed by atoms with Gasteiger partial charge in [0.15, 0.2) is 5.54 Å². The van der Waals surface area contributed by atoms with Crippen LogP contribution >= 0.6 is 0 Å². The standard InChI is InChI=1S/C44H41F3N2O7/c1-42(2,3)56-39(50)43(4,33-21-16-31(17-22-33)37-12-8-9-13-38(37)54-35-10-6-5-7-11-35)48-40(51)55-41(52)49-25-24-30-18-23-36(26-32(30)27-49)53-28-29-14-19-34(20-15-29)44(45,46)47/h5-23,26H,24-25,27-28H2,1-4H3,(H,48,51). The molecule has 0 aliphatic carbocycles. The monoisotopic (exact) mass is 766 g/mol. The molecule has 0 saturated carbocycles. The fourth-order valence-corrected chi connectivity index (χ4v) is 6.12. The minimum absolute atomic E-state index is 0.0396. The number of alkyl halides is 3. The van der Waals surface area contributed by atoms with Gasteiger partial charge in [-0.25, -0.2) is 14.4 Å². The summed E-state index contributed by atoms with van der Waals surface area (Å²) >= 11 is 0. The molecule has 1 heterocycles. The third kappa shape index (κ3) is 9.67. The fraction of sp³-hybridized carbons (Fsp3) is 0.250. The van der Waals surface area contributed by atoms with Gasteiger partial charge in [-0.15, -0.1) is 0 Å². The Morgan fingerprint density at radius 1 is 0.732 bits per heavy atom. The van der Waals surface area contributed by atoms with Crippen LogP contribution in [0.5, 0.6) is 17.2 Å². The van der Waals surface area contributed by atoms with Gasteiger partial charge in [0.05, 0.1) is 5.56 Å². The number of ether oxygens (including phenoxy) is 4. The number of nitrogens with one attached hydrogen (secondary N) is 1. The molecular weight excluding hydrogens is 725 g/mol. The molecule has 1 N–H and O–H groups in total. The van der Waals surface area contributed by atoms with Crippen molar-refractivity contribution in [3.8, 4) is 28.4 Å². The fourth-order valence-electron chi connectivity index (χ4n) is 6.12. The van der Waals surface area contributed by atoms with E-state index in [-0.39, 0.29) is 19.7 Å². The molecule has 56 heavy (non-hydrogen) atoms. The Hall–Kier alpha value is -6.30. The Kier molecular flexibility index (Phi) is 11.4. The summed E-state index contributed by atoms with van der Waals surface area (Å²) in [5.74, 6) is 1.01. The summed E-state index contributed by atoms with van der Waals surface area (Å²) in [5.41, 5.74) is 0.878. The number of alkyl carbamates (subject to hydrolysis) is 1. The number of carbonyl (C=O) groups excluding carboxylic acids is 3. The molecule has 1 unspecified atom stereocenters. The van der Waals surface area contributed by atoms with Crippen molar-refractivity contribution < 1.29 is 46.5 Å². The first kappa shape index (κ1) is 39.4. The van der Waals surface area contributed by atoms with Crippen LogP contribution in [0, 0.1) is 0 Å². The van der Waals surface area contributed by atoms with Gasteiger partial charge in [-0.1, -0.05) is 78.9 Å². The van der Waals surface area contributed by atoms with E-state index in [2.05, 4.69) is 5.32 Å². The number of halogens is 3. The first-order chi connectivity index (χ1) is 26.6. The number of carbonyl (C=O) groups is 3. The van der Waals surface area contributed by atoms with Crippen LogP contribution in [0.25, 0.3) is 11.1 Å². The summed E-state index contributed by atoms with van der Waals surface area (Å²) in [4.78, 5) is 41.7. The molecule has 6 rings (SSSR count). The van der Waals surface area contributed by atoms with Crippen LogP contribution in [0.2, 0.25) is 0 Å². The van der Waals surface area contributed by atoms with E-state index in [1.54, 1.807) is 57.2 Å². The van der Waals surface area contributed by atoms with Gasteiger partial charge >= 0.3 is 24.3 Å². The molecule has 1 atom stereocenters. The van der Waals surface area contributed by atoms with E-state index in [1.807, 2.05) is 60.7 Å². The predicted octanol–water partition coefficient (Wildman–Crippen LogP) is 10.2. The van der Waals surface area contributed by atoms with Crippen molar-refractivity contribution in [1.29, 1.82) is 0 Å². The van der Waals surface area contributed by atoms with Crippen molar-refractivity contribution in [2.24, 2.45) is 0 Å². The van der Waals surface area contributed by atoms with Gasteiger partial charge in [0, 0.05) is 18.7 Å². The highest BCUT2D eigenvalue weighted by Crippen LogP contribution is 2.35. The highest BCUT2D eigenvalue weighted by molar-refractivity contribution is 5.90. The molecule has 9 nitrogen and oxygen atoms in total. The minimum Gasteiger partial charge on any atom is -0.489 e. The summed E-state index contributed by atoms with van der Waals surface area (Å²) in [5, 5.41) is 2.59. The second kappa shape index (κ2) is 16.2. The van der Waals surface area contributed by atoms with E-state index in [9.17, 15) is 27.6 Å². The third-order valence-electron chi connectivity index (χ3n) is 9.11. The van der Waals surface area contributed by atoms with Gasteiger partial charge in [-0.3, -0.25) is 0 Å². The van der Waals surface area contributed by atoms with Crippen molar-refractivity contribution in [3.05, 3.63) is 149 Å². The van der Waals surface area contributed by atoms with Crippen LogP contribution in [0.3, 0.4) is 0 Å². The van der Waals surface area contributed by atoms with Gasteiger partial charge in [0.2, 0.25) is 0 Å². The number of benzene rings is 5. The van der Waals surface area contributed by atoms with Gasteiger partial charge in [0.25, 0.3) is 0 Å². The SMILES string of the molecule is CC(C)(C)OC(=O)C(C)(NC(=O)OC(=O)N1CCc2ccc(OCc3ccc(C(F)(F)F)cc3)cc2C1)c1ccc(-c2ccccc2Oc2ccccc2)cc1. The molecule has 290 valence electrons. The summed E-state index contributed by atoms with van der Waals surface area (Å²) < 4.78 is 61.7. The summed E-state index contributed by atoms with van der Waals surface area (Å²) in [6.07, 6.45) is -6.01. The lowest BCUT2D eigenvalue weighted by atomic mass is 9.90. The van der Waals surface area contributed by atoms with E-state index in [4.69, 9.17) is 18.9 Å². The number of nitrogens with zero attached hydrogens (tertiary/aromatic N) is 1. The van der Waals surface area contributed by atoms with Crippen molar-refractivity contribution in [3.63, 3.8) is 0 Å². The molecule has 0 spiro atoms. The molecular formula is C44H41F3N2O7. The molecule has 1 aliphatic rings. The normalized spacial score (nSPS) is 13.8. The van der Waals surface area contributed by atoms with E-state index in [0.717, 1.165) is 34.4 Å². The van der Waals surface area contributed by atoms with Crippen LogP contribution < -0.4 is 14.8 Å². The Morgan fingerprint density at radius 3 is 2.07 bits per heavy atom. The average Bonchev–Trinajstić information content (AvgIpc) is 3.16. The quantitative estimate of drug-likeness (QED) is 0.118. The smallest absolute Gasteiger partial charge is 0.419 e.